The Hall–Kier alpha value is -5.03. The Bertz CT molecular complexity index is 2350. The average Bonchev–Trinajstić information content (AvgIpc) is 3.84. The molecule has 0 aromatic heterocycles. The van der Waals surface area contributed by atoms with E-state index in [2.05, 4.69) is 43.0 Å². The van der Waals surface area contributed by atoms with Gasteiger partial charge in [0.2, 0.25) is 11.7 Å². The molecule has 1 amide bonds. The number of halogens is 1. The number of nitrogens with zero attached hydrogens (tertiary/aromatic N) is 2. The quantitative estimate of drug-likeness (QED) is 0.0516. The number of allylic oxidation sites excluding steroid dienone is 1. The van der Waals surface area contributed by atoms with Crippen LogP contribution in [0.4, 0.5) is 4.39 Å². The number of carbonyl (C=O) groups excluding carboxylic acids is 1. The molecule has 2 saturated carbocycles. The molecule has 8 rings (SSSR count). The van der Waals surface area contributed by atoms with Gasteiger partial charge < -0.3 is 34.2 Å². The van der Waals surface area contributed by atoms with Crippen molar-refractivity contribution in [3.63, 3.8) is 0 Å². The van der Waals surface area contributed by atoms with E-state index in [-0.39, 0.29) is 62.3 Å². The number of hydrogen-bond donors (Lipinski definition) is 2. The summed E-state index contributed by atoms with van der Waals surface area (Å²) < 4.78 is 35.9. The van der Waals surface area contributed by atoms with Gasteiger partial charge in [0.15, 0.2) is 0 Å². The van der Waals surface area contributed by atoms with Crippen LogP contribution in [0.2, 0.25) is 0 Å². The molecular formula is C56H69FN2O7. The number of fused-ring (bicyclic) bond motifs is 3. The third-order valence-electron chi connectivity index (χ3n) is 14.2. The molecule has 6 atom stereocenters. The van der Waals surface area contributed by atoms with Crippen LogP contribution < -0.4 is 9.47 Å². The van der Waals surface area contributed by atoms with Crippen LogP contribution in [-0.2, 0) is 20.9 Å². The Balaban J connectivity index is 1.32. The summed E-state index contributed by atoms with van der Waals surface area (Å²) in [5.74, 6) is 0.258. The molecular weight excluding hydrogens is 832 g/mol. The summed E-state index contributed by atoms with van der Waals surface area (Å²) in [4.78, 5) is 23.5. The van der Waals surface area contributed by atoms with E-state index in [0.29, 0.717) is 36.7 Å². The molecule has 66 heavy (non-hydrogen) atoms. The van der Waals surface area contributed by atoms with Crippen LogP contribution in [0, 0.1) is 29.5 Å². The molecule has 9 nitrogen and oxygen atoms in total. The molecule has 0 bridgehead atoms. The topological polar surface area (TPSA) is 110 Å². The molecule has 0 spiro atoms. The fourth-order valence-electron chi connectivity index (χ4n) is 11.2. The molecule has 0 radical (unpaired) electrons. The fourth-order valence-corrected chi connectivity index (χ4v) is 11.2. The van der Waals surface area contributed by atoms with Crippen molar-refractivity contribution >= 4 is 22.4 Å². The second-order valence-corrected chi connectivity index (χ2v) is 19.9. The summed E-state index contributed by atoms with van der Waals surface area (Å²) in [5.41, 5.74) is 2.90. The number of oxime groups is 1. The number of carbonyl (C=O) groups is 1. The van der Waals surface area contributed by atoms with Crippen molar-refractivity contribution in [2.75, 3.05) is 19.8 Å². The third kappa shape index (κ3) is 10.7. The minimum Gasteiger partial charge on any atom is -0.459 e. The minimum atomic E-state index is -1.41. The smallest absolute Gasteiger partial charge is 0.239 e. The van der Waals surface area contributed by atoms with Crippen molar-refractivity contribution in [3.8, 4) is 17.2 Å². The van der Waals surface area contributed by atoms with Crippen molar-refractivity contribution in [1.29, 1.82) is 0 Å². The number of rotatable bonds is 20. The SMILES string of the molecule is C=CCOC12Oc3ccc(Oc4ccc5ccccc5c4)cc3C3C(CCCCO)C(CCCCO)C=C(C(=NOC(C)(C)C)CC1N(Cc1ccc(F)cc1)C(=O)CCC1CCCC1)C32. The highest BCUT2D eigenvalue weighted by atomic mass is 19.1. The van der Waals surface area contributed by atoms with Crippen LogP contribution in [0.3, 0.4) is 0 Å². The van der Waals surface area contributed by atoms with Gasteiger partial charge in [0.25, 0.3) is 0 Å². The van der Waals surface area contributed by atoms with E-state index < -0.39 is 23.3 Å². The van der Waals surface area contributed by atoms with E-state index in [4.69, 9.17) is 24.2 Å². The van der Waals surface area contributed by atoms with Gasteiger partial charge in [0.05, 0.1) is 18.2 Å². The van der Waals surface area contributed by atoms with Gasteiger partial charge in [-0.15, -0.1) is 6.58 Å². The molecule has 10 heteroatoms. The second-order valence-electron chi connectivity index (χ2n) is 19.9. The molecule has 6 unspecified atom stereocenters. The fraction of sp³-hybridized carbons (Fsp3) is 0.500. The normalized spacial score (nSPS) is 24.3. The number of hydrogen-bond acceptors (Lipinski definition) is 8. The van der Waals surface area contributed by atoms with Crippen LogP contribution in [0.1, 0.15) is 121 Å². The Labute approximate surface area is 390 Å². The van der Waals surface area contributed by atoms with Gasteiger partial charge in [-0.3, -0.25) is 4.79 Å². The molecule has 352 valence electrons. The Morgan fingerprint density at radius 3 is 2.35 bits per heavy atom. The van der Waals surface area contributed by atoms with Gasteiger partial charge >= 0.3 is 0 Å². The summed E-state index contributed by atoms with van der Waals surface area (Å²) in [6, 6.07) is 26.1. The largest absolute Gasteiger partial charge is 0.459 e. The van der Waals surface area contributed by atoms with E-state index in [1.165, 1.54) is 25.0 Å². The summed E-state index contributed by atoms with van der Waals surface area (Å²) in [6.07, 6.45) is 14.8. The third-order valence-corrected chi connectivity index (χ3v) is 14.2. The van der Waals surface area contributed by atoms with Gasteiger partial charge in [0.1, 0.15) is 34.7 Å². The molecule has 2 fully saturated rings. The van der Waals surface area contributed by atoms with Crippen molar-refractivity contribution in [2.24, 2.45) is 28.8 Å². The van der Waals surface area contributed by atoms with E-state index in [9.17, 15) is 14.6 Å². The Morgan fingerprint density at radius 1 is 0.909 bits per heavy atom. The van der Waals surface area contributed by atoms with Crippen molar-refractivity contribution in [2.45, 2.75) is 134 Å². The lowest BCUT2D eigenvalue weighted by molar-refractivity contribution is -0.258. The first-order valence-electron chi connectivity index (χ1n) is 24.5. The lowest BCUT2D eigenvalue weighted by atomic mass is 9.55. The van der Waals surface area contributed by atoms with Gasteiger partial charge in [0, 0.05) is 44.1 Å². The van der Waals surface area contributed by atoms with Crippen molar-refractivity contribution < 1.29 is 38.4 Å². The van der Waals surface area contributed by atoms with Gasteiger partial charge in [-0.1, -0.05) is 98.3 Å². The highest BCUT2D eigenvalue weighted by molar-refractivity contribution is 6.03. The zero-order chi connectivity index (χ0) is 46.3. The van der Waals surface area contributed by atoms with E-state index >= 15 is 4.79 Å². The zero-order valence-electron chi connectivity index (χ0n) is 39.1. The van der Waals surface area contributed by atoms with Crippen LogP contribution in [0.25, 0.3) is 10.8 Å². The molecule has 4 aromatic carbocycles. The van der Waals surface area contributed by atoms with Gasteiger partial charge in [-0.25, -0.2) is 4.39 Å². The zero-order valence-corrected chi connectivity index (χ0v) is 39.1. The maximum atomic E-state index is 15.2. The summed E-state index contributed by atoms with van der Waals surface area (Å²) in [5, 5.41) is 27.3. The first-order chi connectivity index (χ1) is 32.0. The minimum absolute atomic E-state index is 0.0106. The summed E-state index contributed by atoms with van der Waals surface area (Å²) >= 11 is 0. The summed E-state index contributed by atoms with van der Waals surface area (Å²) in [7, 11) is 0. The highest BCUT2D eigenvalue weighted by Crippen LogP contribution is 2.62. The molecule has 1 heterocycles. The predicted molar refractivity (Wildman–Crippen MR) is 258 cm³/mol. The predicted octanol–water partition coefficient (Wildman–Crippen LogP) is 12.2. The second kappa shape index (κ2) is 21.3. The highest BCUT2D eigenvalue weighted by Gasteiger charge is 2.65. The summed E-state index contributed by atoms with van der Waals surface area (Å²) in [6.45, 7) is 10.6. The lowest BCUT2D eigenvalue weighted by Crippen LogP contribution is -2.70. The van der Waals surface area contributed by atoms with Crippen LogP contribution in [-0.4, -0.2) is 64.0 Å². The molecule has 4 aromatic rings. The van der Waals surface area contributed by atoms with Crippen molar-refractivity contribution in [3.05, 3.63) is 126 Å². The number of aliphatic hydroxyl groups is 2. The van der Waals surface area contributed by atoms with E-state index in [1.54, 1.807) is 18.2 Å². The standard InChI is InChI=1S/C56H69FN2O7/c1-5-32-63-56-51(59(37-39-20-24-43(57)25-21-39)52(62)29-22-38-14-6-7-15-38)36-49(58-66-55(2,3)4)47-34-42(18-10-12-30-60)46(19-11-13-31-61)53(54(47)56)48-35-45(27-28-50(48)65-56)64-44-26-23-40-16-8-9-17-41(40)33-44/h5,8-9,16-17,20-21,23-28,33-35,38,42,46,51,53-54,60-61H,1,6-7,10-15,18-19,22,29-32,36-37H2,2-4H3. The molecule has 3 aliphatic carbocycles. The van der Waals surface area contributed by atoms with E-state index in [0.717, 1.165) is 83.9 Å². The van der Waals surface area contributed by atoms with Crippen LogP contribution >= 0.6 is 0 Å². The molecule has 2 N–H and O–H groups in total. The number of benzene rings is 4. The maximum Gasteiger partial charge on any atom is 0.239 e. The van der Waals surface area contributed by atoms with Crippen molar-refractivity contribution in [1.82, 2.24) is 4.90 Å². The van der Waals surface area contributed by atoms with Gasteiger partial charge in [-0.05, 0) is 135 Å². The molecule has 0 saturated heterocycles. The number of ether oxygens (including phenoxy) is 3. The van der Waals surface area contributed by atoms with Gasteiger partial charge in [-0.2, -0.15) is 0 Å². The number of aliphatic hydroxyl groups excluding tert-OH is 2. The molecule has 1 aliphatic heterocycles. The number of unbranched alkanes of at least 4 members (excludes halogenated alkanes) is 2. The number of amides is 1. The van der Waals surface area contributed by atoms with Crippen LogP contribution in [0.15, 0.2) is 114 Å². The average molecular weight is 901 g/mol. The Kier molecular flexibility index (Phi) is 15.3. The first-order valence-corrected chi connectivity index (χ1v) is 24.5. The Morgan fingerprint density at radius 2 is 1.62 bits per heavy atom. The monoisotopic (exact) mass is 901 g/mol. The maximum absolute atomic E-state index is 15.2. The molecule has 4 aliphatic rings. The van der Waals surface area contributed by atoms with E-state index in [1.807, 2.05) is 56.0 Å². The van der Waals surface area contributed by atoms with Crippen LogP contribution in [0.5, 0.6) is 17.2 Å². The first kappa shape index (κ1) is 47.5. The lowest BCUT2D eigenvalue weighted by Gasteiger charge is -2.60.